The Morgan fingerprint density at radius 2 is 2.11 bits per heavy atom. The van der Waals surface area contributed by atoms with Crippen LogP contribution in [0.25, 0.3) is 0 Å². The molecule has 2 unspecified atom stereocenters. The van der Waals surface area contributed by atoms with Gasteiger partial charge in [0.05, 0.1) is 25.5 Å². The van der Waals surface area contributed by atoms with E-state index in [0.29, 0.717) is 26.3 Å². The number of carbonyl (C=O) groups excluding carboxylic acids is 1. The first-order valence-electron chi connectivity index (χ1n) is 6.69. The SMILES string of the molecule is CC(NC(C)c1cnn(C)c1)C(=O)N1CCOCC1. The van der Waals surface area contributed by atoms with Crippen LogP contribution < -0.4 is 5.32 Å². The van der Waals surface area contributed by atoms with Crippen LogP contribution in [0, 0.1) is 0 Å². The van der Waals surface area contributed by atoms with Gasteiger partial charge in [-0.2, -0.15) is 5.10 Å². The molecule has 2 heterocycles. The third-order valence-electron chi connectivity index (χ3n) is 3.42. The van der Waals surface area contributed by atoms with Crippen LogP contribution in [0.15, 0.2) is 12.4 Å². The van der Waals surface area contributed by atoms with Crippen LogP contribution in [0.2, 0.25) is 0 Å². The highest BCUT2D eigenvalue weighted by atomic mass is 16.5. The van der Waals surface area contributed by atoms with Gasteiger partial charge in [-0.25, -0.2) is 0 Å². The number of carbonyl (C=O) groups is 1. The number of amides is 1. The number of nitrogens with zero attached hydrogens (tertiary/aromatic N) is 3. The van der Waals surface area contributed by atoms with Gasteiger partial charge in [-0.05, 0) is 13.8 Å². The predicted octanol–water partition coefficient (Wildman–Crippen LogP) is 0.318. The molecular formula is C13H22N4O2. The molecule has 19 heavy (non-hydrogen) atoms. The standard InChI is InChI=1S/C13H22N4O2/c1-10(12-8-14-16(3)9-12)15-11(2)13(18)17-4-6-19-7-5-17/h8-11,15H,4-7H2,1-3H3. The Bertz CT molecular complexity index is 426. The predicted molar refractivity (Wildman–Crippen MR) is 71.6 cm³/mol. The lowest BCUT2D eigenvalue weighted by Gasteiger charge is -2.30. The molecule has 0 spiro atoms. The Labute approximate surface area is 113 Å². The van der Waals surface area contributed by atoms with Crippen LogP contribution in [0.4, 0.5) is 0 Å². The van der Waals surface area contributed by atoms with Gasteiger partial charge >= 0.3 is 0 Å². The zero-order valence-electron chi connectivity index (χ0n) is 11.8. The summed E-state index contributed by atoms with van der Waals surface area (Å²) in [6.45, 7) is 6.59. The zero-order valence-corrected chi connectivity index (χ0v) is 11.8. The van der Waals surface area contributed by atoms with Gasteiger partial charge in [0.1, 0.15) is 0 Å². The highest BCUT2D eigenvalue weighted by Crippen LogP contribution is 2.12. The van der Waals surface area contributed by atoms with E-state index in [-0.39, 0.29) is 18.0 Å². The summed E-state index contributed by atoms with van der Waals surface area (Å²) >= 11 is 0. The van der Waals surface area contributed by atoms with Crippen molar-refractivity contribution in [2.45, 2.75) is 25.9 Å². The summed E-state index contributed by atoms with van der Waals surface area (Å²) in [5.74, 6) is 0.138. The van der Waals surface area contributed by atoms with Crippen molar-refractivity contribution in [1.29, 1.82) is 0 Å². The van der Waals surface area contributed by atoms with Crippen molar-refractivity contribution in [1.82, 2.24) is 20.0 Å². The maximum atomic E-state index is 12.3. The molecule has 0 aromatic carbocycles. The molecule has 1 aromatic rings. The summed E-state index contributed by atoms with van der Waals surface area (Å²) in [5.41, 5.74) is 1.09. The summed E-state index contributed by atoms with van der Waals surface area (Å²) in [5, 5.41) is 7.47. The lowest BCUT2D eigenvalue weighted by atomic mass is 10.1. The largest absolute Gasteiger partial charge is 0.378 e. The smallest absolute Gasteiger partial charge is 0.239 e. The van der Waals surface area contributed by atoms with Gasteiger partial charge in [-0.1, -0.05) is 0 Å². The molecule has 0 saturated carbocycles. The molecule has 106 valence electrons. The van der Waals surface area contributed by atoms with E-state index in [0.717, 1.165) is 5.56 Å². The number of nitrogens with one attached hydrogen (secondary N) is 1. The number of aromatic nitrogens is 2. The first-order valence-corrected chi connectivity index (χ1v) is 6.69. The van der Waals surface area contributed by atoms with E-state index < -0.39 is 0 Å². The molecule has 1 aliphatic heterocycles. The monoisotopic (exact) mass is 266 g/mol. The second-order valence-corrected chi connectivity index (χ2v) is 5.00. The molecule has 0 aliphatic carbocycles. The Balaban J connectivity index is 1.89. The molecule has 6 heteroatoms. The average Bonchev–Trinajstić information content (AvgIpc) is 2.85. The lowest BCUT2D eigenvalue weighted by Crippen LogP contribution is -2.49. The first-order chi connectivity index (χ1) is 9.08. The zero-order chi connectivity index (χ0) is 13.8. The van der Waals surface area contributed by atoms with Crippen LogP contribution >= 0.6 is 0 Å². The summed E-state index contributed by atoms with van der Waals surface area (Å²) < 4.78 is 7.02. The molecule has 1 N–H and O–H groups in total. The van der Waals surface area contributed by atoms with Gasteiger partial charge in [-0.3, -0.25) is 14.8 Å². The average molecular weight is 266 g/mol. The summed E-state index contributed by atoms with van der Waals surface area (Å²) in [6.07, 6.45) is 3.78. The minimum Gasteiger partial charge on any atom is -0.378 e. The summed E-state index contributed by atoms with van der Waals surface area (Å²) in [6, 6.07) is -0.0954. The molecule has 1 aliphatic rings. The van der Waals surface area contributed by atoms with Crippen molar-refractivity contribution in [3.8, 4) is 0 Å². The number of hydrogen-bond acceptors (Lipinski definition) is 4. The fourth-order valence-electron chi connectivity index (χ4n) is 2.26. The molecule has 2 atom stereocenters. The molecule has 1 fully saturated rings. The van der Waals surface area contributed by atoms with Gasteiger partial charge in [0.25, 0.3) is 0 Å². The second kappa shape index (κ2) is 6.16. The van der Waals surface area contributed by atoms with E-state index >= 15 is 0 Å². The van der Waals surface area contributed by atoms with Crippen LogP contribution in [0.5, 0.6) is 0 Å². The molecule has 1 aromatic heterocycles. The van der Waals surface area contributed by atoms with E-state index in [1.54, 1.807) is 4.68 Å². The summed E-state index contributed by atoms with van der Waals surface area (Å²) in [4.78, 5) is 14.1. The molecule has 1 amide bonds. The highest BCUT2D eigenvalue weighted by molar-refractivity contribution is 5.81. The van der Waals surface area contributed by atoms with E-state index in [4.69, 9.17) is 4.74 Å². The normalized spacial score (nSPS) is 19.2. The van der Waals surface area contributed by atoms with Crippen LogP contribution in [-0.2, 0) is 16.6 Å². The number of hydrogen-bond donors (Lipinski definition) is 1. The molecule has 1 saturated heterocycles. The molecular weight excluding hydrogens is 244 g/mol. The number of rotatable bonds is 4. The number of morpholine rings is 1. The Morgan fingerprint density at radius 3 is 2.68 bits per heavy atom. The topological polar surface area (TPSA) is 59.4 Å². The maximum Gasteiger partial charge on any atom is 0.239 e. The van der Waals surface area contributed by atoms with Gasteiger partial charge in [0.2, 0.25) is 5.91 Å². The van der Waals surface area contributed by atoms with Gasteiger partial charge in [-0.15, -0.1) is 0 Å². The molecule has 0 bridgehead atoms. The van der Waals surface area contributed by atoms with Crippen molar-refractivity contribution >= 4 is 5.91 Å². The van der Waals surface area contributed by atoms with Gasteiger partial charge < -0.3 is 9.64 Å². The van der Waals surface area contributed by atoms with E-state index in [2.05, 4.69) is 10.4 Å². The molecule has 2 rings (SSSR count). The van der Waals surface area contributed by atoms with Crippen molar-refractivity contribution in [2.75, 3.05) is 26.3 Å². The Kier molecular flexibility index (Phi) is 4.55. The summed E-state index contributed by atoms with van der Waals surface area (Å²) in [7, 11) is 1.89. The quantitative estimate of drug-likeness (QED) is 0.852. The first kappa shape index (κ1) is 14.0. The van der Waals surface area contributed by atoms with Gasteiger partial charge in [0, 0.05) is 37.9 Å². The minimum absolute atomic E-state index is 0.105. The van der Waals surface area contributed by atoms with Gasteiger partial charge in [0.15, 0.2) is 0 Å². The van der Waals surface area contributed by atoms with Crippen LogP contribution in [0.3, 0.4) is 0 Å². The van der Waals surface area contributed by atoms with Crippen molar-refractivity contribution in [3.63, 3.8) is 0 Å². The van der Waals surface area contributed by atoms with Crippen LogP contribution in [0.1, 0.15) is 25.5 Å². The Morgan fingerprint density at radius 1 is 1.42 bits per heavy atom. The van der Waals surface area contributed by atoms with E-state index in [1.807, 2.05) is 38.2 Å². The minimum atomic E-state index is -0.201. The lowest BCUT2D eigenvalue weighted by molar-refractivity contribution is -0.137. The second-order valence-electron chi connectivity index (χ2n) is 5.00. The molecule has 6 nitrogen and oxygen atoms in total. The van der Waals surface area contributed by atoms with Crippen molar-refractivity contribution in [2.24, 2.45) is 7.05 Å². The Hall–Kier alpha value is -1.40. The van der Waals surface area contributed by atoms with Crippen molar-refractivity contribution < 1.29 is 9.53 Å². The maximum absolute atomic E-state index is 12.3. The third-order valence-corrected chi connectivity index (χ3v) is 3.42. The van der Waals surface area contributed by atoms with E-state index in [1.165, 1.54) is 0 Å². The van der Waals surface area contributed by atoms with E-state index in [9.17, 15) is 4.79 Å². The fourth-order valence-corrected chi connectivity index (χ4v) is 2.26. The molecule has 0 radical (unpaired) electrons. The fraction of sp³-hybridized carbons (Fsp3) is 0.692. The highest BCUT2D eigenvalue weighted by Gasteiger charge is 2.23. The number of aryl methyl sites for hydroxylation is 1. The van der Waals surface area contributed by atoms with Crippen molar-refractivity contribution in [3.05, 3.63) is 18.0 Å². The third kappa shape index (κ3) is 3.54. The van der Waals surface area contributed by atoms with Crippen LogP contribution in [-0.4, -0.2) is 52.9 Å². The number of ether oxygens (including phenoxy) is 1.